The van der Waals surface area contributed by atoms with E-state index in [-0.39, 0.29) is 51.4 Å². The lowest BCUT2D eigenvalue weighted by Gasteiger charge is -2.29. The van der Waals surface area contributed by atoms with Crippen LogP contribution in [0.15, 0.2) is 30.9 Å². The summed E-state index contributed by atoms with van der Waals surface area (Å²) >= 11 is 0. The van der Waals surface area contributed by atoms with E-state index in [1.165, 1.54) is 15.9 Å². The highest BCUT2D eigenvalue weighted by Gasteiger charge is 2.61. The summed E-state index contributed by atoms with van der Waals surface area (Å²) in [5.41, 5.74) is -1.18. The molecule has 2 N–H and O–H groups in total. The van der Waals surface area contributed by atoms with Gasteiger partial charge in [-0.2, -0.15) is 0 Å². The van der Waals surface area contributed by atoms with Gasteiger partial charge in [0.05, 0.1) is 42.1 Å². The molecule has 0 aromatic heterocycles. The second-order valence-electron chi connectivity index (χ2n) is 15.2. The monoisotopic (exact) mass is 746 g/mol. The van der Waals surface area contributed by atoms with Gasteiger partial charge in [0.2, 0.25) is 27.7 Å². The van der Waals surface area contributed by atoms with Gasteiger partial charge in [-0.1, -0.05) is 32.1 Å². The standard InChI is InChI=1S/C36H47FN4O10S/c1-6-23-15-36(23,33(46)39-52(48,49)25-11-12-25)16-29(42)28-14-24(50-34(47)40-18-21-9-8-10-27(37)26(21)20-40)19-41(28)32(45)22(17-38-30(43)7-2)13-31(44)51-35(3,4)5/h7-10,22-25,28H,2,6,11-20H2,1,3-5H3,(H,38,43)(H,39,46)/t22-,23+,24?,28?,36+/m0/s1. The molecule has 1 aromatic carbocycles. The lowest BCUT2D eigenvalue weighted by molar-refractivity contribution is -0.158. The second kappa shape index (κ2) is 15.0. The number of rotatable bonds is 14. The fraction of sp³-hybridized carbons (Fsp3) is 0.611. The Hall–Kier alpha value is -4.34. The van der Waals surface area contributed by atoms with Gasteiger partial charge in [-0.05, 0) is 63.7 Å². The van der Waals surface area contributed by atoms with Crippen LogP contribution in [-0.4, -0.2) is 89.9 Å². The van der Waals surface area contributed by atoms with Crippen molar-refractivity contribution in [2.24, 2.45) is 17.3 Å². The van der Waals surface area contributed by atoms with E-state index in [4.69, 9.17) is 9.47 Å². The van der Waals surface area contributed by atoms with Gasteiger partial charge >= 0.3 is 12.1 Å². The molecule has 4 aliphatic rings. The van der Waals surface area contributed by atoms with Crippen molar-refractivity contribution in [2.45, 2.75) is 109 Å². The summed E-state index contributed by atoms with van der Waals surface area (Å²) in [5, 5.41) is 1.88. The number of halogens is 1. The maximum atomic E-state index is 14.4. The van der Waals surface area contributed by atoms with E-state index < -0.39 is 92.2 Å². The zero-order valence-corrected chi connectivity index (χ0v) is 30.8. The minimum Gasteiger partial charge on any atom is -0.460 e. The molecule has 284 valence electrons. The number of nitrogens with one attached hydrogen (secondary N) is 2. The summed E-state index contributed by atoms with van der Waals surface area (Å²) in [6.07, 6.45) is -0.0417. The number of carbonyl (C=O) groups excluding carboxylic acids is 6. The van der Waals surface area contributed by atoms with Crippen molar-refractivity contribution < 1.29 is 51.0 Å². The third-order valence-corrected chi connectivity index (χ3v) is 11.9. The molecule has 1 saturated heterocycles. The molecular weight excluding hydrogens is 699 g/mol. The van der Waals surface area contributed by atoms with Crippen LogP contribution in [-0.2, 0) is 56.6 Å². The van der Waals surface area contributed by atoms with Gasteiger partial charge in [0, 0.05) is 31.5 Å². The van der Waals surface area contributed by atoms with Gasteiger partial charge < -0.3 is 19.7 Å². The lowest BCUT2D eigenvalue weighted by atomic mass is 9.90. The topological polar surface area (TPSA) is 186 Å². The minimum atomic E-state index is -3.89. The number of ether oxygens (including phenoxy) is 2. The van der Waals surface area contributed by atoms with E-state index in [9.17, 15) is 41.6 Å². The smallest absolute Gasteiger partial charge is 0.410 e. The quantitative estimate of drug-likeness (QED) is 0.212. The second-order valence-corrected chi connectivity index (χ2v) is 17.2. The number of fused-ring (bicyclic) bond motifs is 1. The number of amides is 4. The summed E-state index contributed by atoms with van der Waals surface area (Å²) in [6, 6.07) is 3.34. The molecule has 16 heteroatoms. The SMILES string of the molecule is C=CC(=O)NC[C@H](CC(=O)OC(C)(C)C)C(=O)N1CC(OC(=O)N2Cc3cccc(F)c3C2)CC1C(=O)C[C@]1(C(=O)NS(=O)(=O)C2CC2)C[C@H]1CC. The molecule has 2 aliphatic carbocycles. The Bertz CT molecular complexity index is 1760. The van der Waals surface area contributed by atoms with E-state index >= 15 is 0 Å². The summed E-state index contributed by atoms with van der Waals surface area (Å²) in [7, 11) is -3.89. The van der Waals surface area contributed by atoms with Crippen molar-refractivity contribution >= 4 is 45.6 Å². The molecule has 0 spiro atoms. The highest BCUT2D eigenvalue weighted by atomic mass is 32.2. The zero-order chi connectivity index (χ0) is 38.2. The Kier molecular flexibility index (Phi) is 11.2. The number of sulfonamides is 1. The summed E-state index contributed by atoms with van der Waals surface area (Å²) in [4.78, 5) is 82.8. The number of hydrogen-bond acceptors (Lipinski definition) is 10. The summed E-state index contributed by atoms with van der Waals surface area (Å²) in [6.45, 7) is 9.75. The third kappa shape index (κ3) is 8.81. The van der Waals surface area contributed by atoms with E-state index in [1.54, 1.807) is 32.9 Å². The van der Waals surface area contributed by atoms with Crippen LogP contribution in [0, 0.1) is 23.1 Å². The number of benzene rings is 1. The molecular formula is C36H47FN4O10S. The predicted octanol–water partition coefficient (Wildman–Crippen LogP) is 2.88. The average molecular weight is 747 g/mol. The zero-order valence-electron chi connectivity index (χ0n) is 29.9. The Balaban J connectivity index is 1.38. The van der Waals surface area contributed by atoms with Crippen LogP contribution in [0.2, 0.25) is 0 Å². The highest BCUT2D eigenvalue weighted by Crippen LogP contribution is 2.58. The first-order valence-corrected chi connectivity index (χ1v) is 19.1. The molecule has 52 heavy (non-hydrogen) atoms. The van der Waals surface area contributed by atoms with E-state index in [0.29, 0.717) is 30.4 Å². The predicted molar refractivity (Wildman–Crippen MR) is 184 cm³/mol. The molecule has 3 fully saturated rings. The first kappa shape index (κ1) is 38.9. The normalized spacial score (nSPS) is 24.4. The summed E-state index contributed by atoms with van der Waals surface area (Å²) < 4.78 is 53.1. The van der Waals surface area contributed by atoms with Crippen LogP contribution < -0.4 is 10.0 Å². The molecule has 0 radical (unpaired) electrons. The van der Waals surface area contributed by atoms with Gasteiger partial charge in [0.25, 0.3) is 0 Å². The van der Waals surface area contributed by atoms with E-state index in [2.05, 4.69) is 16.6 Å². The van der Waals surface area contributed by atoms with Crippen molar-refractivity contribution in [1.29, 1.82) is 0 Å². The fourth-order valence-corrected chi connectivity index (χ4v) is 8.52. The van der Waals surface area contributed by atoms with Crippen LogP contribution in [0.5, 0.6) is 0 Å². The van der Waals surface area contributed by atoms with Crippen LogP contribution >= 0.6 is 0 Å². The number of ketones is 1. The van der Waals surface area contributed by atoms with Crippen molar-refractivity contribution in [3.05, 3.63) is 47.8 Å². The molecule has 0 bridgehead atoms. The van der Waals surface area contributed by atoms with Crippen LogP contribution in [0.4, 0.5) is 9.18 Å². The summed E-state index contributed by atoms with van der Waals surface area (Å²) in [5.74, 6) is -5.22. The molecule has 5 rings (SSSR count). The fourth-order valence-electron chi connectivity index (χ4n) is 7.13. The van der Waals surface area contributed by atoms with Crippen molar-refractivity contribution in [3.8, 4) is 0 Å². The Morgan fingerprint density at radius 2 is 1.85 bits per heavy atom. The van der Waals surface area contributed by atoms with Gasteiger partial charge in [0.15, 0.2) is 5.78 Å². The first-order chi connectivity index (χ1) is 24.4. The Morgan fingerprint density at radius 1 is 1.13 bits per heavy atom. The average Bonchev–Trinajstić information content (AvgIpc) is 3.96. The van der Waals surface area contributed by atoms with Gasteiger partial charge in [-0.15, -0.1) is 0 Å². The number of likely N-dealkylation sites (tertiary alicyclic amines) is 1. The number of carbonyl (C=O) groups is 6. The van der Waals surface area contributed by atoms with E-state index in [0.717, 1.165) is 6.08 Å². The maximum Gasteiger partial charge on any atom is 0.410 e. The molecule has 4 amide bonds. The third-order valence-electron chi connectivity index (χ3n) is 10.1. The number of nitrogens with zero attached hydrogens (tertiary/aromatic N) is 2. The molecule has 2 aliphatic heterocycles. The van der Waals surface area contributed by atoms with Gasteiger partial charge in [0.1, 0.15) is 17.5 Å². The van der Waals surface area contributed by atoms with Crippen LogP contribution in [0.25, 0.3) is 0 Å². The van der Waals surface area contributed by atoms with E-state index in [1.807, 2.05) is 6.92 Å². The largest absolute Gasteiger partial charge is 0.460 e. The van der Waals surface area contributed by atoms with Crippen molar-refractivity contribution in [2.75, 3.05) is 13.1 Å². The van der Waals surface area contributed by atoms with Crippen LogP contribution in [0.1, 0.15) is 83.8 Å². The molecule has 14 nitrogen and oxygen atoms in total. The number of Topliss-reactive ketones (excluding diaryl/α,β-unsaturated/α-hetero) is 1. The number of hydrogen-bond donors (Lipinski definition) is 2. The molecule has 2 saturated carbocycles. The minimum absolute atomic E-state index is 0.0284. The number of esters is 1. The Labute approximate surface area is 302 Å². The Morgan fingerprint density at radius 3 is 2.44 bits per heavy atom. The molecule has 1 aromatic rings. The van der Waals surface area contributed by atoms with Gasteiger partial charge in [-0.25, -0.2) is 17.6 Å². The molecule has 5 atom stereocenters. The molecule has 2 unspecified atom stereocenters. The van der Waals surface area contributed by atoms with Crippen molar-refractivity contribution in [1.82, 2.24) is 19.8 Å². The molecule has 2 heterocycles. The van der Waals surface area contributed by atoms with Gasteiger partial charge in [-0.3, -0.25) is 33.6 Å². The first-order valence-electron chi connectivity index (χ1n) is 17.6. The lowest BCUT2D eigenvalue weighted by Crippen LogP contribution is -2.48. The maximum absolute atomic E-state index is 14.4. The van der Waals surface area contributed by atoms with Crippen molar-refractivity contribution in [3.63, 3.8) is 0 Å². The van der Waals surface area contributed by atoms with Crippen LogP contribution in [0.3, 0.4) is 0 Å². The highest BCUT2D eigenvalue weighted by molar-refractivity contribution is 7.90.